The summed E-state index contributed by atoms with van der Waals surface area (Å²) in [5, 5.41) is 3.09. The number of sulfone groups is 1. The number of rotatable bonds is 5. The minimum Gasteiger partial charge on any atom is -0.486 e. The van der Waals surface area contributed by atoms with Gasteiger partial charge in [0.05, 0.1) is 17.9 Å². The van der Waals surface area contributed by atoms with E-state index in [-0.39, 0.29) is 29.6 Å². The van der Waals surface area contributed by atoms with Crippen LogP contribution in [0.1, 0.15) is 39.7 Å². The molecule has 2 aliphatic rings. The SMILES string of the molecule is CCOC(=O)c1c(NC(=O)C2=C(c3ccccc3)S(=O)(=O)CCO2)sc2c1CCC2. The van der Waals surface area contributed by atoms with Gasteiger partial charge in [0.2, 0.25) is 5.76 Å². The second kappa shape index (κ2) is 8.23. The Balaban J connectivity index is 1.75. The van der Waals surface area contributed by atoms with Gasteiger partial charge in [-0.05, 0) is 37.3 Å². The Labute approximate surface area is 178 Å². The zero-order valence-corrected chi connectivity index (χ0v) is 18.0. The van der Waals surface area contributed by atoms with Gasteiger partial charge >= 0.3 is 5.97 Å². The molecule has 4 rings (SSSR count). The van der Waals surface area contributed by atoms with Crippen molar-refractivity contribution in [2.24, 2.45) is 0 Å². The summed E-state index contributed by atoms with van der Waals surface area (Å²) in [6.45, 7) is 1.84. The molecule has 1 aliphatic carbocycles. The molecular weight excluding hydrogens is 426 g/mol. The Morgan fingerprint density at radius 3 is 2.70 bits per heavy atom. The summed E-state index contributed by atoms with van der Waals surface area (Å²) >= 11 is 1.33. The molecule has 0 fully saturated rings. The number of fused-ring (bicyclic) bond motifs is 1. The topological polar surface area (TPSA) is 98.8 Å². The Hall–Kier alpha value is -2.65. The smallest absolute Gasteiger partial charge is 0.341 e. The molecule has 1 amide bonds. The monoisotopic (exact) mass is 447 g/mol. The van der Waals surface area contributed by atoms with Crippen LogP contribution >= 0.6 is 11.3 Å². The molecule has 0 atom stereocenters. The quantitative estimate of drug-likeness (QED) is 0.707. The van der Waals surface area contributed by atoms with Crippen LogP contribution < -0.4 is 5.32 Å². The van der Waals surface area contributed by atoms with Crippen LogP contribution in [0.2, 0.25) is 0 Å². The number of carbonyl (C=O) groups excluding carboxylic acids is 2. The summed E-state index contributed by atoms with van der Waals surface area (Å²) in [6.07, 6.45) is 2.54. The Bertz CT molecular complexity index is 1130. The summed E-state index contributed by atoms with van der Waals surface area (Å²) in [6, 6.07) is 8.41. The highest BCUT2D eigenvalue weighted by Crippen LogP contribution is 2.40. The third-order valence-electron chi connectivity index (χ3n) is 4.99. The molecule has 9 heteroatoms. The number of esters is 1. The average molecular weight is 448 g/mol. The molecule has 7 nitrogen and oxygen atoms in total. The number of carbonyl (C=O) groups is 2. The second-order valence-corrected chi connectivity index (χ2v) is 10.1. The summed E-state index contributed by atoms with van der Waals surface area (Å²) in [7, 11) is -3.69. The first-order valence-electron chi connectivity index (χ1n) is 9.70. The molecule has 158 valence electrons. The van der Waals surface area contributed by atoms with E-state index in [1.165, 1.54) is 11.3 Å². The summed E-state index contributed by atoms with van der Waals surface area (Å²) in [5.41, 5.74) is 1.66. The fourth-order valence-corrected chi connectivity index (χ4v) is 6.41. The third-order valence-corrected chi connectivity index (χ3v) is 7.94. The van der Waals surface area contributed by atoms with Gasteiger partial charge in [0.1, 0.15) is 16.5 Å². The normalized spacial score (nSPS) is 17.2. The lowest BCUT2D eigenvalue weighted by Crippen LogP contribution is -2.28. The molecule has 1 aromatic carbocycles. The van der Waals surface area contributed by atoms with E-state index in [0.717, 1.165) is 29.7 Å². The lowest BCUT2D eigenvalue weighted by Gasteiger charge is -2.21. The molecule has 30 heavy (non-hydrogen) atoms. The van der Waals surface area contributed by atoms with Gasteiger partial charge in [0.15, 0.2) is 9.84 Å². The van der Waals surface area contributed by atoms with Crippen LogP contribution in [-0.4, -0.2) is 39.3 Å². The molecule has 0 bridgehead atoms. The predicted molar refractivity (Wildman–Crippen MR) is 114 cm³/mol. The number of benzene rings is 1. The van der Waals surface area contributed by atoms with Crippen molar-refractivity contribution in [3.63, 3.8) is 0 Å². The molecule has 0 unspecified atom stereocenters. The number of hydrogen-bond acceptors (Lipinski definition) is 7. The average Bonchev–Trinajstić information content (AvgIpc) is 3.28. The second-order valence-electron chi connectivity index (χ2n) is 6.93. The maximum Gasteiger partial charge on any atom is 0.341 e. The standard InChI is InChI=1S/C21H21NO6S2/c1-2-27-21(24)16-14-9-6-10-15(14)29-20(16)22-19(23)17-18(13-7-4-3-5-8-13)30(25,26)12-11-28-17/h3-5,7-8H,2,6,9-12H2,1H3,(H,22,23). The number of hydrogen-bond donors (Lipinski definition) is 1. The van der Waals surface area contributed by atoms with Gasteiger partial charge < -0.3 is 14.8 Å². The largest absolute Gasteiger partial charge is 0.486 e. The minimum absolute atomic E-state index is 0.104. The van der Waals surface area contributed by atoms with Crippen LogP contribution in [0.15, 0.2) is 36.1 Å². The van der Waals surface area contributed by atoms with Crippen molar-refractivity contribution >= 4 is 43.0 Å². The highest BCUT2D eigenvalue weighted by atomic mass is 32.2. The van der Waals surface area contributed by atoms with Crippen molar-refractivity contribution in [3.8, 4) is 0 Å². The first-order valence-corrected chi connectivity index (χ1v) is 12.2. The van der Waals surface area contributed by atoms with Gasteiger partial charge in [-0.15, -0.1) is 11.3 Å². The first-order chi connectivity index (χ1) is 14.4. The van der Waals surface area contributed by atoms with Gasteiger partial charge in [0.25, 0.3) is 5.91 Å². The van der Waals surface area contributed by atoms with Crippen molar-refractivity contribution in [2.45, 2.75) is 26.2 Å². The number of ether oxygens (including phenoxy) is 2. The minimum atomic E-state index is -3.69. The van der Waals surface area contributed by atoms with Gasteiger partial charge in [-0.25, -0.2) is 13.2 Å². The fraction of sp³-hybridized carbons (Fsp3) is 0.333. The Kier molecular flexibility index (Phi) is 5.66. The van der Waals surface area contributed by atoms with E-state index in [1.54, 1.807) is 37.3 Å². The van der Waals surface area contributed by atoms with Crippen LogP contribution in [0.5, 0.6) is 0 Å². The van der Waals surface area contributed by atoms with Crippen molar-refractivity contribution < 1.29 is 27.5 Å². The van der Waals surface area contributed by atoms with Gasteiger partial charge in [-0.2, -0.15) is 0 Å². The van der Waals surface area contributed by atoms with Crippen LogP contribution in [0, 0.1) is 0 Å². The number of aryl methyl sites for hydroxylation is 1. The maximum atomic E-state index is 13.1. The van der Waals surface area contributed by atoms with Crippen molar-refractivity contribution in [2.75, 3.05) is 24.3 Å². The summed E-state index contributed by atoms with van der Waals surface area (Å²) < 4.78 is 36.2. The predicted octanol–water partition coefficient (Wildman–Crippen LogP) is 3.17. The van der Waals surface area contributed by atoms with Gasteiger partial charge in [0, 0.05) is 4.88 Å². The van der Waals surface area contributed by atoms with Crippen molar-refractivity contribution in [1.82, 2.24) is 0 Å². The first kappa shape index (κ1) is 20.6. The Morgan fingerprint density at radius 1 is 1.20 bits per heavy atom. The molecule has 0 spiro atoms. The Morgan fingerprint density at radius 2 is 1.97 bits per heavy atom. The fourth-order valence-electron chi connectivity index (χ4n) is 3.70. The van der Waals surface area contributed by atoms with Gasteiger partial charge in [-0.3, -0.25) is 4.79 Å². The molecule has 1 aliphatic heterocycles. The molecule has 0 radical (unpaired) electrons. The van der Waals surface area contributed by atoms with Crippen LogP contribution in [0.25, 0.3) is 4.91 Å². The molecule has 0 saturated carbocycles. The van der Waals surface area contributed by atoms with E-state index < -0.39 is 21.7 Å². The van der Waals surface area contributed by atoms with E-state index in [9.17, 15) is 18.0 Å². The third kappa shape index (κ3) is 3.75. The van der Waals surface area contributed by atoms with Gasteiger partial charge in [-0.1, -0.05) is 30.3 Å². The van der Waals surface area contributed by atoms with Crippen molar-refractivity contribution in [3.05, 3.63) is 57.7 Å². The van der Waals surface area contributed by atoms with E-state index in [1.807, 2.05) is 0 Å². The van der Waals surface area contributed by atoms with Crippen LogP contribution in [-0.2, 0) is 36.9 Å². The van der Waals surface area contributed by atoms with E-state index >= 15 is 0 Å². The zero-order valence-electron chi connectivity index (χ0n) is 16.4. The highest BCUT2D eigenvalue weighted by molar-refractivity contribution is 8.00. The maximum absolute atomic E-state index is 13.1. The number of nitrogens with one attached hydrogen (secondary N) is 1. The summed E-state index contributed by atoms with van der Waals surface area (Å²) in [4.78, 5) is 26.5. The molecule has 2 heterocycles. The van der Waals surface area contributed by atoms with E-state index in [0.29, 0.717) is 16.1 Å². The molecule has 1 N–H and O–H groups in total. The number of anilines is 1. The highest BCUT2D eigenvalue weighted by Gasteiger charge is 2.35. The van der Waals surface area contributed by atoms with Crippen LogP contribution in [0.4, 0.5) is 5.00 Å². The molecule has 0 saturated heterocycles. The van der Waals surface area contributed by atoms with Crippen LogP contribution in [0.3, 0.4) is 0 Å². The summed E-state index contributed by atoms with van der Waals surface area (Å²) in [5.74, 6) is -1.63. The van der Waals surface area contributed by atoms with Crippen molar-refractivity contribution in [1.29, 1.82) is 0 Å². The molecule has 2 aromatic rings. The zero-order chi connectivity index (χ0) is 21.3. The van der Waals surface area contributed by atoms with E-state index in [4.69, 9.17) is 9.47 Å². The molecule has 1 aromatic heterocycles. The number of thiophene rings is 1. The molecular formula is C21H21NO6S2. The lowest BCUT2D eigenvalue weighted by atomic mass is 10.1. The lowest BCUT2D eigenvalue weighted by molar-refractivity contribution is -0.115. The number of amides is 1. The van der Waals surface area contributed by atoms with E-state index in [2.05, 4.69) is 5.32 Å².